The molecule has 4 heteroatoms. The van der Waals surface area contributed by atoms with Gasteiger partial charge in [-0.15, -0.1) is 0 Å². The average Bonchev–Trinajstić information content (AvgIpc) is 2.68. The second-order valence-electron chi connectivity index (χ2n) is 8.28. The molecule has 6 atom stereocenters. The molecule has 0 spiro atoms. The lowest BCUT2D eigenvalue weighted by atomic mass is 9.59. The van der Waals surface area contributed by atoms with Crippen molar-refractivity contribution in [2.24, 2.45) is 22.2 Å². The Morgan fingerprint density at radius 1 is 1.19 bits per heavy atom. The Balaban J connectivity index is 2.22. The fourth-order valence-corrected chi connectivity index (χ4v) is 6.10. The van der Waals surface area contributed by atoms with Crippen LogP contribution in [0.2, 0.25) is 0 Å². The zero-order chi connectivity index (χ0) is 15.8. The fourth-order valence-electron chi connectivity index (χ4n) is 6.10. The van der Waals surface area contributed by atoms with Crippen molar-refractivity contribution in [2.45, 2.75) is 72.0 Å². The molecule has 0 amide bonds. The van der Waals surface area contributed by atoms with Crippen LogP contribution in [0.15, 0.2) is 0 Å². The number of Topliss-reactive ketones (excluding diaryl/α,β-unsaturated/α-hetero) is 1. The van der Waals surface area contributed by atoms with Crippen molar-refractivity contribution >= 4 is 11.8 Å². The normalized spacial score (nSPS) is 55.4. The highest BCUT2D eigenvalue weighted by Crippen LogP contribution is 2.77. The zero-order valence-electron chi connectivity index (χ0n) is 13.7. The van der Waals surface area contributed by atoms with Crippen molar-refractivity contribution in [3.05, 3.63) is 0 Å². The van der Waals surface area contributed by atoms with Gasteiger partial charge in [-0.05, 0) is 30.6 Å². The van der Waals surface area contributed by atoms with Gasteiger partial charge in [0.15, 0.2) is 5.78 Å². The number of carbonyl (C=O) groups excluding carboxylic acids is 2. The van der Waals surface area contributed by atoms with E-state index in [0.29, 0.717) is 6.42 Å². The van der Waals surface area contributed by atoms with Gasteiger partial charge in [0.1, 0.15) is 11.7 Å². The van der Waals surface area contributed by atoms with Gasteiger partial charge in [-0.2, -0.15) is 0 Å². The first kappa shape index (κ1) is 15.0. The van der Waals surface area contributed by atoms with Crippen molar-refractivity contribution < 1.29 is 19.4 Å². The minimum Gasteiger partial charge on any atom is -0.461 e. The van der Waals surface area contributed by atoms with Gasteiger partial charge in [-0.3, -0.25) is 9.59 Å². The summed E-state index contributed by atoms with van der Waals surface area (Å²) in [6, 6.07) is 0. The summed E-state index contributed by atoms with van der Waals surface area (Å²) >= 11 is 0. The molecule has 3 aliphatic rings. The van der Waals surface area contributed by atoms with Crippen molar-refractivity contribution in [3.8, 4) is 0 Å². The molecule has 21 heavy (non-hydrogen) atoms. The van der Waals surface area contributed by atoms with Gasteiger partial charge >= 0.3 is 5.97 Å². The number of rotatable bonds is 1. The molecule has 0 aromatic rings. The van der Waals surface area contributed by atoms with Crippen molar-refractivity contribution in [1.29, 1.82) is 0 Å². The number of hydrogen-bond donors (Lipinski definition) is 1. The molecule has 3 rings (SSSR count). The van der Waals surface area contributed by atoms with Gasteiger partial charge in [0.05, 0.1) is 0 Å². The summed E-state index contributed by atoms with van der Waals surface area (Å²) in [6.45, 7) is 9.52. The number of carbonyl (C=O) groups is 2. The summed E-state index contributed by atoms with van der Waals surface area (Å²) in [5.74, 6) is -0.739. The number of ether oxygens (including phenoxy) is 1. The highest BCUT2D eigenvalue weighted by atomic mass is 16.5. The SMILES string of the molecule is CC(=O)O[C@H]1[C@H]2[C@]3(C)CCC[C@]3(C)[C@]1(C)CC(=O)[C@@]2(C)O. The van der Waals surface area contributed by atoms with Crippen LogP contribution < -0.4 is 0 Å². The first-order valence-electron chi connectivity index (χ1n) is 7.94. The molecule has 3 aliphatic carbocycles. The summed E-state index contributed by atoms with van der Waals surface area (Å²) in [5, 5.41) is 10.9. The van der Waals surface area contributed by atoms with E-state index < -0.39 is 5.60 Å². The van der Waals surface area contributed by atoms with E-state index in [4.69, 9.17) is 4.74 Å². The summed E-state index contributed by atoms with van der Waals surface area (Å²) in [6.07, 6.45) is 3.03. The number of aliphatic hydroxyl groups is 1. The Hall–Kier alpha value is -0.900. The quantitative estimate of drug-likeness (QED) is 0.755. The number of hydrogen-bond acceptors (Lipinski definition) is 4. The lowest BCUT2D eigenvalue weighted by molar-refractivity contribution is -0.185. The molecule has 0 saturated heterocycles. The summed E-state index contributed by atoms with van der Waals surface area (Å²) in [5.41, 5.74) is -2.04. The van der Waals surface area contributed by atoms with Gasteiger partial charge in [-0.25, -0.2) is 0 Å². The largest absolute Gasteiger partial charge is 0.461 e. The topological polar surface area (TPSA) is 63.6 Å². The maximum absolute atomic E-state index is 12.5. The highest BCUT2D eigenvalue weighted by Gasteiger charge is 2.79. The van der Waals surface area contributed by atoms with E-state index in [1.807, 2.05) is 0 Å². The molecular weight excluding hydrogens is 268 g/mol. The molecular formula is C17H26O4. The van der Waals surface area contributed by atoms with Crippen molar-refractivity contribution in [2.75, 3.05) is 0 Å². The maximum atomic E-state index is 12.5. The molecule has 0 unspecified atom stereocenters. The predicted octanol–water partition coefficient (Wildman–Crippen LogP) is 2.47. The third-order valence-corrected chi connectivity index (χ3v) is 7.50. The Morgan fingerprint density at radius 2 is 1.81 bits per heavy atom. The van der Waals surface area contributed by atoms with Gasteiger partial charge in [-0.1, -0.05) is 27.2 Å². The Kier molecular flexibility index (Phi) is 2.78. The highest BCUT2D eigenvalue weighted by molar-refractivity contribution is 5.90. The molecule has 3 saturated carbocycles. The molecule has 3 fully saturated rings. The van der Waals surface area contributed by atoms with E-state index in [-0.39, 0.29) is 40.0 Å². The van der Waals surface area contributed by atoms with Crippen LogP contribution >= 0.6 is 0 Å². The standard InChI is InChI=1S/C17H26O4/c1-10(18)21-13-12-14(2)7-6-8-16(14,4)15(13,3)9-11(19)17(12,5)20/h12-13,20H,6-9H2,1-5H3/t12-,13-,14-,15+,16-,17+/m0/s1. The minimum absolute atomic E-state index is 0.0824. The fraction of sp³-hybridized carbons (Fsp3) is 0.882. The van der Waals surface area contributed by atoms with Gasteiger partial charge in [0, 0.05) is 24.7 Å². The van der Waals surface area contributed by atoms with E-state index in [0.717, 1.165) is 19.3 Å². The predicted molar refractivity (Wildman–Crippen MR) is 77.5 cm³/mol. The van der Waals surface area contributed by atoms with Gasteiger partial charge in [0.25, 0.3) is 0 Å². The molecule has 118 valence electrons. The molecule has 1 N–H and O–H groups in total. The number of esters is 1. The van der Waals surface area contributed by atoms with Crippen LogP contribution in [0.1, 0.15) is 60.3 Å². The van der Waals surface area contributed by atoms with Gasteiger partial charge in [0.2, 0.25) is 0 Å². The lowest BCUT2D eigenvalue weighted by Crippen LogP contribution is -2.58. The third-order valence-electron chi connectivity index (χ3n) is 7.50. The van der Waals surface area contributed by atoms with Crippen LogP contribution in [0, 0.1) is 22.2 Å². The van der Waals surface area contributed by atoms with Gasteiger partial charge < -0.3 is 9.84 Å². The van der Waals surface area contributed by atoms with Crippen LogP contribution in [-0.4, -0.2) is 28.6 Å². The number of fused-ring (bicyclic) bond motifs is 5. The van der Waals surface area contributed by atoms with E-state index in [1.54, 1.807) is 6.92 Å². The zero-order valence-corrected chi connectivity index (χ0v) is 13.7. The number of ketones is 1. The lowest BCUT2D eigenvalue weighted by Gasteiger charge is -2.47. The molecule has 4 nitrogen and oxygen atoms in total. The van der Waals surface area contributed by atoms with Crippen molar-refractivity contribution in [1.82, 2.24) is 0 Å². The van der Waals surface area contributed by atoms with Crippen LogP contribution in [0.3, 0.4) is 0 Å². The molecule has 0 aromatic carbocycles. The van der Waals surface area contributed by atoms with Crippen LogP contribution in [0.5, 0.6) is 0 Å². The first-order valence-corrected chi connectivity index (χ1v) is 7.94. The summed E-state index contributed by atoms with van der Waals surface area (Å²) in [7, 11) is 0. The van der Waals surface area contributed by atoms with E-state index in [9.17, 15) is 14.7 Å². The smallest absolute Gasteiger partial charge is 0.302 e. The second-order valence-corrected chi connectivity index (χ2v) is 8.28. The first-order chi connectivity index (χ1) is 9.51. The van der Waals surface area contributed by atoms with Crippen LogP contribution in [0.4, 0.5) is 0 Å². The molecule has 0 heterocycles. The molecule has 0 radical (unpaired) electrons. The minimum atomic E-state index is -1.41. The van der Waals surface area contributed by atoms with E-state index in [2.05, 4.69) is 20.8 Å². The van der Waals surface area contributed by atoms with E-state index >= 15 is 0 Å². The Labute approximate surface area is 126 Å². The Bertz CT molecular complexity index is 525. The average molecular weight is 294 g/mol. The molecule has 2 bridgehead atoms. The maximum Gasteiger partial charge on any atom is 0.302 e. The molecule has 0 aromatic heterocycles. The monoisotopic (exact) mass is 294 g/mol. The summed E-state index contributed by atoms with van der Waals surface area (Å²) in [4.78, 5) is 24.1. The van der Waals surface area contributed by atoms with E-state index in [1.165, 1.54) is 6.92 Å². The van der Waals surface area contributed by atoms with Crippen LogP contribution in [-0.2, 0) is 14.3 Å². The Morgan fingerprint density at radius 3 is 2.38 bits per heavy atom. The van der Waals surface area contributed by atoms with Crippen LogP contribution in [0.25, 0.3) is 0 Å². The summed E-state index contributed by atoms with van der Waals surface area (Å²) < 4.78 is 5.68. The third kappa shape index (κ3) is 1.45. The second kappa shape index (κ2) is 3.89. The van der Waals surface area contributed by atoms with Crippen molar-refractivity contribution in [3.63, 3.8) is 0 Å². The molecule has 0 aliphatic heterocycles.